The van der Waals surface area contributed by atoms with Gasteiger partial charge in [-0.3, -0.25) is 4.79 Å². The lowest BCUT2D eigenvalue weighted by molar-refractivity contribution is -0.131. The molecule has 0 atom stereocenters. The molecule has 1 aliphatic heterocycles. The van der Waals surface area contributed by atoms with E-state index in [1.165, 1.54) is 17.2 Å². The minimum Gasteiger partial charge on any atom is -0.366 e. The lowest BCUT2D eigenvalue weighted by Crippen LogP contribution is -2.49. The molecule has 2 aromatic heterocycles. The predicted octanol–water partition coefficient (Wildman–Crippen LogP) is 6.09. The molecule has 9 heteroatoms. The number of para-hydroxylation sites is 2. The smallest absolute Gasteiger partial charge is 0.222 e. The second-order valence-corrected chi connectivity index (χ2v) is 11.5. The summed E-state index contributed by atoms with van der Waals surface area (Å²) < 4.78 is 16.3. The number of thioether (sulfide) groups is 1. The Morgan fingerprint density at radius 3 is 2.56 bits per heavy atom. The maximum Gasteiger partial charge on any atom is 0.222 e. The van der Waals surface area contributed by atoms with Crippen LogP contribution in [0.4, 0.5) is 10.1 Å². The van der Waals surface area contributed by atoms with Crippen molar-refractivity contribution < 1.29 is 9.18 Å². The van der Waals surface area contributed by atoms with Gasteiger partial charge in [0.15, 0.2) is 5.65 Å². The molecule has 0 unspecified atom stereocenters. The predicted molar refractivity (Wildman–Crippen MR) is 163 cm³/mol. The van der Waals surface area contributed by atoms with Crippen molar-refractivity contribution in [3.63, 3.8) is 0 Å². The molecule has 6 rings (SSSR count). The van der Waals surface area contributed by atoms with E-state index in [2.05, 4.69) is 58.1 Å². The Kier molecular flexibility index (Phi) is 8.14. The lowest BCUT2D eigenvalue weighted by atomic mass is 10.1. The van der Waals surface area contributed by atoms with Gasteiger partial charge in [0, 0.05) is 50.3 Å². The van der Waals surface area contributed by atoms with Crippen LogP contribution in [0.2, 0.25) is 0 Å². The number of carbonyl (C=O) groups is 1. The highest BCUT2D eigenvalue weighted by atomic mass is 32.2. The molecule has 0 aliphatic carbocycles. The molecule has 3 heterocycles. The van der Waals surface area contributed by atoms with Crippen LogP contribution in [0.5, 0.6) is 0 Å². The zero-order valence-corrected chi connectivity index (χ0v) is 24.0. The Morgan fingerprint density at radius 2 is 1.73 bits per heavy atom. The van der Waals surface area contributed by atoms with E-state index in [1.54, 1.807) is 23.9 Å². The van der Waals surface area contributed by atoms with Crippen LogP contribution in [-0.4, -0.2) is 62.5 Å². The monoisotopic (exact) mass is 568 g/mol. The Balaban J connectivity index is 1.03. The number of aryl methyl sites for hydroxylation is 1. The van der Waals surface area contributed by atoms with E-state index in [-0.39, 0.29) is 11.7 Å². The van der Waals surface area contributed by atoms with Crippen LogP contribution < -0.4 is 4.90 Å². The molecule has 0 radical (unpaired) electrons. The average molecular weight is 569 g/mol. The van der Waals surface area contributed by atoms with Gasteiger partial charge < -0.3 is 14.4 Å². The number of anilines is 1. The number of fused-ring (bicyclic) bond motifs is 3. The van der Waals surface area contributed by atoms with E-state index in [0.29, 0.717) is 50.0 Å². The van der Waals surface area contributed by atoms with Gasteiger partial charge in [-0.15, -0.1) is 10.2 Å². The molecule has 5 aromatic rings. The third-order valence-corrected chi connectivity index (χ3v) is 8.54. The van der Waals surface area contributed by atoms with Gasteiger partial charge in [-0.1, -0.05) is 71.9 Å². The maximum absolute atomic E-state index is 14.1. The zero-order chi connectivity index (χ0) is 28.2. The molecule has 7 nitrogen and oxygen atoms in total. The molecule has 1 fully saturated rings. The summed E-state index contributed by atoms with van der Waals surface area (Å²) in [7, 11) is 0. The van der Waals surface area contributed by atoms with Crippen molar-refractivity contribution in [2.45, 2.75) is 37.9 Å². The maximum atomic E-state index is 14.1. The molecule has 0 saturated carbocycles. The molecule has 1 aliphatic rings. The summed E-state index contributed by atoms with van der Waals surface area (Å²) in [5.74, 6) is 0.777. The van der Waals surface area contributed by atoms with Crippen LogP contribution in [0.15, 0.2) is 78.0 Å². The molecule has 0 spiro atoms. The van der Waals surface area contributed by atoms with Crippen LogP contribution in [0.3, 0.4) is 0 Å². The van der Waals surface area contributed by atoms with Crippen molar-refractivity contribution in [1.82, 2.24) is 24.6 Å². The number of halogens is 1. The average Bonchev–Trinajstić information content (AvgIpc) is 3.30. The summed E-state index contributed by atoms with van der Waals surface area (Å²) in [6.07, 6.45) is 2.21. The Bertz CT molecular complexity index is 1680. The second-order valence-electron chi connectivity index (χ2n) is 10.5. The fourth-order valence-corrected chi connectivity index (χ4v) is 6.29. The minimum absolute atomic E-state index is 0.170. The van der Waals surface area contributed by atoms with Crippen molar-refractivity contribution >= 4 is 45.4 Å². The first kappa shape index (κ1) is 27.2. The van der Waals surface area contributed by atoms with E-state index in [4.69, 9.17) is 4.98 Å². The van der Waals surface area contributed by atoms with Crippen LogP contribution in [0, 0.1) is 12.7 Å². The van der Waals surface area contributed by atoms with Gasteiger partial charge in [-0.25, -0.2) is 9.37 Å². The lowest BCUT2D eigenvalue weighted by Gasteiger charge is -2.36. The van der Waals surface area contributed by atoms with Gasteiger partial charge in [0.25, 0.3) is 0 Å². The normalized spacial score (nSPS) is 13.8. The van der Waals surface area contributed by atoms with Gasteiger partial charge in [-0.05, 0) is 43.5 Å². The van der Waals surface area contributed by atoms with E-state index >= 15 is 0 Å². The van der Waals surface area contributed by atoms with E-state index in [1.807, 2.05) is 28.0 Å². The molecule has 0 N–H and O–H groups in total. The minimum atomic E-state index is -0.212. The van der Waals surface area contributed by atoms with E-state index in [0.717, 1.165) is 40.7 Å². The molecule has 3 aromatic carbocycles. The summed E-state index contributed by atoms with van der Waals surface area (Å²) in [4.78, 5) is 21.6. The number of rotatable bonds is 9. The second kappa shape index (κ2) is 12.3. The van der Waals surface area contributed by atoms with Crippen LogP contribution in [-0.2, 0) is 11.3 Å². The largest absolute Gasteiger partial charge is 0.366 e. The third-order valence-electron chi connectivity index (χ3n) is 7.62. The summed E-state index contributed by atoms with van der Waals surface area (Å²) >= 11 is 1.58. The number of hydrogen-bond donors (Lipinski definition) is 0. The zero-order valence-electron chi connectivity index (χ0n) is 23.2. The highest BCUT2D eigenvalue weighted by Crippen LogP contribution is 2.28. The number of carbonyl (C=O) groups excluding carboxylic acids is 1. The van der Waals surface area contributed by atoms with Crippen molar-refractivity contribution in [1.29, 1.82) is 0 Å². The molecule has 210 valence electrons. The summed E-state index contributed by atoms with van der Waals surface area (Å²) in [5.41, 5.74) is 5.82. The number of benzene rings is 3. The Hall–Kier alpha value is -3.98. The number of amides is 1. The standard InChI is InChI=1S/C32H33FN6OS/c1-23-9-8-10-24(21-23)22-39-27-13-4-2-11-25(27)30-31(39)34-32(36-35-30)41-20-7-6-15-29(40)38-18-16-37(17-19-38)28-14-5-3-12-26(28)33/h2-5,8-14,21H,6-7,15-20,22H2,1H3. The molecular weight excluding hydrogens is 535 g/mol. The van der Waals surface area contributed by atoms with Crippen LogP contribution in [0.1, 0.15) is 30.4 Å². The quantitative estimate of drug-likeness (QED) is 0.158. The van der Waals surface area contributed by atoms with Crippen LogP contribution in [0.25, 0.3) is 22.1 Å². The first-order chi connectivity index (χ1) is 20.1. The third kappa shape index (κ3) is 6.05. The van der Waals surface area contributed by atoms with Gasteiger partial charge in [0.05, 0.1) is 11.2 Å². The molecule has 0 bridgehead atoms. The van der Waals surface area contributed by atoms with Crippen molar-refractivity contribution in [3.8, 4) is 0 Å². The van der Waals surface area contributed by atoms with Crippen molar-refractivity contribution in [3.05, 3.63) is 89.7 Å². The SMILES string of the molecule is Cc1cccc(Cn2c3ccccc3c3nnc(SCCCCC(=O)N4CCN(c5ccccc5F)CC4)nc32)c1. The first-order valence-corrected chi connectivity index (χ1v) is 15.1. The highest BCUT2D eigenvalue weighted by Gasteiger charge is 2.22. The number of nitrogens with zero attached hydrogens (tertiary/aromatic N) is 6. The molecular formula is C32H33FN6OS. The number of hydrogen-bond acceptors (Lipinski definition) is 6. The number of aromatic nitrogens is 4. The number of unbranched alkanes of at least 4 members (excludes halogenated alkanes) is 1. The van der Waals surface area contributed by atoms with Gasteiger partial charge in [0.2, 0.25) is 11.1 Å². The Labute approximate surface area is 243 Å². The van der Waals surface area contributed by atoms with Gasteiger partial charge in [0.1, 0.15) is 11.3 Å². The van der Waals surface area contributed by atoms with Crippen LogP contribution >= 0.6 is 11.8 Å². The van der Waals surface area contributed by atoms with E-state index in [9.17, 15) is 9.18 Å². The van der Waals surface area contributed by atoms with E-state index < -0.39 is 0 Å². The Morgan fingerprint density at radius 1 is 0.927 bits per heavy atom. The van der Waals surface area contributed by atoms with Gasteiger partial charge in [-0.2, -0.15) is 0 Å². The molecule has 1 amide bonds. The summed E-state index contributed by atoms with van der Waals surface area (Å²) in [5, 5.41) is 10.7. The number of piperazine rings is 1. The highest BCUT2D eigenvalue weighted by molar-refractivity contribution is 7.99. The first-order valence-electron chi connectivity index (χ1n) is 14.1. The van der Waals surface area contributed by atoms with Crippen molar-refractivity contribution in [2.24, 2.45) is 0 Å². The fourth-order valence-electron chi connectivity index (χ4n) is 5.51. The topological polar surface area (TPSA) is 67.2 Å². The fraction of sp³-hybridized carbons (Fsp3) is 0.312. The van der Waals surface area contributed by atoms with Gasteiger partial charge >= 0.3 is 0 Å². The summed E-state index contributed by atoms with van der Waals surface area (Å²) in [6, 6.07) is 23.6. The van der Waals surface area contributed by atoms with Crippen molar-refractivity contribution in [2.75, 3.05) is 36.8 Å². The summed E-state index contributed by atoms with van der Waals surface area (Å²) in [6.45, 7) is 5.36. The molecule has 1 saturated heterocycles. The molecule has 41 heavy (non-hydrogen) atoms.